The minimum absolute atomic E-state index is 0.0000309. The highest BCUT2D eigenvalue weighted by atomic mass is 79.9. The topological polar surface area (TPSA) is 67.8 Å². The van der Waals surface area contributed by atoms with Crippen LogP contribution in [0.15, 0.2) is 21.7 Å². The lowest BCUT2D eigenvalue weighted by atomic mass is 9.94. The van der Waals surface area contributed by atoms with Gasteiger partial charge in [0.05, 0.1) is 15.2 Å². The normalized spacial score (nSPS) is 17.7. The molecule has 1 aromatic carbocycles. The maximum Gasteiger partial charge on any atom is 0.240 e. The summed E-state index contributed by atoms with van der Waals surface area (Å²) in [6.07, 6.45) is 0.804. The van der Waals surface area contributed by atoms with E-state index in [4.69, 9.17) is 16.3 Å². The first-order chi connectivity index (χ1) is 10.4. The third kappa shape index (κ3) is 3.87. The van der Waals surface area contributed by atoms with Crippen LogP contribution in [0.2, 0.25) is 5.02 Å². The maximum absolute atomic E-state index is 11.4. The van der Waals surface area contributed by atoms with Crippen molar-refractivity contribution in [2.45, 2.75) is 26.7 Å². The molecule has 1 aliphatic rings. The van der Waals surface area contributed by atoms with Crippen molar-refractivity contribution in [3.05, 3.63) is 27.2 Å². The van der Waals surface area contributed by atoms with E-state index in [1.165, 1.54) is 0 Å². The van der Waals surface area contributed by atoms with Gasteiger partial charge in [0.25, 0.3) is 0 Å². The van der Waals surface area contributed by atoms with E-state index in [9.17, 15) is 9.59 Å². The van der Waals surface area contributed by atoms with Crippen molar-refractivity contribution in [1.82, 2.24) is 5.43 Å². The van der Waals surface area contributed by atoms with E-state index in [2.05, 4.69) is 26.5 Å². The molecule has 118 valence electrons. The SMILES string of the molecule is CCC(=O)COc1c(Cl)cc(C2=NNC(=O)CC2C)cc1Br. The van der Waals surface area contributed by atoms with E-state index in [-0.39, 0.29) is 24.2 Å². The molecule has 0 saturated heterocycles. The Morgan fingerprint density at radius 1 is 1.55 bits per heavy atom. The summed E-state index contributed by atoms with van der Waals surface area (Å²) in [6, 6.07) is 3.55. The number of Topliss-reactive ketones (excluding diaryl/α,β-unsaturated/α-hetero) is 1. The highest BCUT2D eigenvalue weighted by Gasteiger charge is 2.23. The summed E-state index contributed by atoms with van der Waals surface area (Å²) < 4.78 is 6.11. The van der Waals surface area contributed by atoms with Crippen molar-refractivity contribution < 1.29 is 14.3 Å². The van der Waals surface area contributed by atoms with Crippen molar-refractivity contribution in [3.8, 4) is 5.75 Å². The average molecular weight is 388 g/mol. The van der Waals surface area contributed by atoms with Crippen molar-refractivity contribution in [2.75, 3.05) is 6.61 Å². The molecular formula is C15H16BrClN2O3. The van der Waals surface area contributed by atoms with E-state index in [0.29, 0.717) is 28.1 Å². The molecule has 7 heteroatoms. The van der Waals surface area contributed by atoms with Crippen LogP contribution < -0.4 is 10.2 Å². The van der Waals surface area contributed by atoms with Gasteiger partial charge in [0.1, 0.15) is 6.61 Å². The number of hydrogen-bond donors (Lipinski definition) is 1. The number of ketones is 1. The van der Waals surface area contributed by atoms with Gasteiger partial charge in [-0.1, -0.05) is 25.4 Å². The molecule has 0 aromatic heterocycles. The Morgan fingerprint density at radius 2 is 2.27 bits per heavy atom. The maximum atomic E-state index is 11.4. The van der Waals surface area contributed by atoms with Crippen LogP contribution in [0.5, 0.6) is 5.75 Å². The quantitative estimate of drug-likeness (QED) is 0.842. The summed E-state index contributed by atoms with van der Waals surface area (Å²) in [5.41, 5.74) is 4.04. The minimum atomic E-state index is -0.0977. The Balaban J connectivity index is 2.26. The summed E-state index contributed by atoms with van der Waals surface area (Å²) in [5, 5.41) is 4.49. The van der Waals surface area contributed by atoms with E-state index in [0.717, 1.165) is 11.3 Å². The van der Waals surface area contributed by atoms with Gasteiger partial charge in [-0.25, -0.2) is 5.43 Å². The number of carbonyl (C=O) groups excluding carboxylic acids is 2. The number of carbonyl (C=O) groups is 2. The van der Waals surface area contributed by atoms with Crippen LogP contribution in [0.3, 0.4) is 0 Å². The van der Waals surface area contributed by atoms with E-state index in [1.807, 2.05) is 13.0 Å². The Labute approximate surface area is 142 Å². The molecule has 5 nitrogen and oxygen atoms in total. The monoisotopic (exact) mass is 386 g/mol. The third-order valence-electron chi connectivity index (χ3n) is 3.33. The fourth-order valence-electron chi connectivity index (χ4n) is 2.10. The Hall–Kier alpha value is -1.40. The number of nitrogens with one attached hydrogen (secondary N) is 1. The fourth-order valence-corrected chi connectivity index (χ4v) is 3.07. The van der Waals surface area contributed by atoms with Gasteiger partial charge >= 0.3 is 0 Å². The number of halogens is 2. The largest absolute Gasteiger partial charge is 0.483 e. The molecule has 0 spiro atoms. The number of hydrogen-bond acceptors (Lipinski definition) is 4. The average Bonchev–Trinajstić information content (AvgIpc) is 2.45. The summed E-state index contributed by atoms with van der Waals surface area (Å²) in [5.74, 6) is 0.338. The van der Waals surface area contributed by atoms with Gasteiger partial charge < -0.3 is 4.74 Å². The van der Waals surface area contributed by atoms with Gasteiger partial charge in [-0.3, -0.25) is 9.59 Å². The third-order valence-corrected chi connectivity index (χ3v) is 4.20. The molecule has 1 aliphatic heterocycles. The lowest BCUT2D eigenvalue weighted by molar-refractivity contribution is -0.122. The molecular weight excluding hydrogens is 372 g/mol. The molecule has 1 atom stereocenters. The molecule has 0 bridgehead atoms. The Bertz CT molecular complexity index is 623. The summed E-state index contributed by atoms with van der Waals surface area (Å²) in [4.78, 5) is 22.7. The predicted molar refractivity (Wildman–Crippen MR) is 88.4 cm³/mol. The molecule has 1 N–H and O–H groups in total. The molecule has 1 amide bonds. The molecule has 0 fully saturated rings. The number of ether oxygens (including phenoxy) is 1. The van der Waals surface area contributed by atoms with Crippen LogP contribution in [0.1, 0.15) is 32.3 Å². The van der Waals surface area contributed by atoms with Gasteiger partial charge in [-0.2, -0.15) is 5.10 Å². The summed E-state index contributed by atoms with van der Waals surface area (Å²) >= 11 is 9.65. The van der Waals surface area contributed by atoms with Gasteiger partial charge in [0.15, 0.2) is 11.5 Å². The highest BCUT2D eigenvalue weighted by molar-refractivity contribution is 9.10. The zero-order valence-electron chi connectivity index (χ0n) is 12.3. The Morgan fingerprint density at radius 3 is 2.86 bits per heavy atom. The fraction of sp³-hybridized carbons (Fsp3) is 0.400. The molecule has 1 unspecified atom stereocenters. The van der Waals surface area contributed by atoms with E-state index in [1.54, 1.807) is 13.0 Å². The van der Waals surface area contributed by atoms with E-state index < -0.39 is 0 Å². The van der Waals surface area contributed by atoms with Gasteiger partial charge in [-0.05, 0) is 28.1 Å². The predicted octanol–water partition coefficient (Wildman–Crippen LogP) is 3.32. The zero-order chi connectivity index (χ0) is 16.3. The van der Waals surface area contributed by atoms with Gasteiger partial charge in [0, 0.05) is 24.3 Å². The van der Waals surface area contributed by atoms with Crippen LogP contribution in [0.4, 0.5) is 0 Å². The van der Waals surface area contributed by atoms with Crippen molar-refractivity contribution in [1.29, 1.82) is 0 Å². The molecule has 0 aliphatic carbocycles. The van der Waals surface area contributed by atoms with Crippen molar-refractivity contribution >= 4 is 44.9 Å². The summed E-state index contributed by atoms with van der Waals surface area (Å²) in [6.45, 7) is 3.70. The van der Waals surface area contributed by atoms with Crippen LogP contribution in [0, 0.1) is 5.92 Å². The van der Waals surface area contributed by atoms with E-state index >= 15 is 0 Å². The van der Waals surface area contributed by atoms with Crippen LogP contribution in [-0.2, 0) is 9.59 Å². The first-order valence-electron chi connectivity index (χ1n) is 6.92. The lowest BCUT2D eigenvalue weighted by Crippen LogP contribution is -2.32. The second kappa shape index (κ2) is 7.24. The van der Waals surface area contributed by atoms with Gasteiger partial charge in [0.2, 0.25) is 5.91 Å². The number of nitrogens with zero attached hydrogens (tertiary/aromatic N) is 1. The first kappa shape index (κ1) is 17.0. The molecule has 0 saturated carbocycles. The molecule has 1 aromatic rings. The number of benzene rings is 1. The van der Waals surface area contributed by atoms with Crippen LogP contribution >= 0.6 is 27.5 Å². The van der Waals surface area contributed by atoms with Crippen molar-refractivity contribution in [3.63, 3.8) is 0 Å². The molecule has 2 rings (SSSR count). The molecule has 22 heavy (non-hydrogen) atoms. The number of amides is 1. The van der Waals surface area contributed by atoms with Crippen LogP contribution in [-0.4, -0.2) is 24.0 Å². The summed E-state index contributed by atoms with van der Waals surface area (Å²) in [7, 11) is 0. The second-order valence-electron chi connectivity index (χ2n) is 5.09. The number of hydrazone groups is 1. The standard InChI is InChI=1S/C15H16BrClN2O3/c1-3-10(20)7-22-15-11(16)5-9(6-12(15)17)14-8(2)4-13(21)18-19-14/h5-6,8H,3-4,7H2,1-2H3,(H,18,21). The minimum Gasteiger partial charge on any atom is -0.483 e. The Kier molecular flexibility index (Phi) is 5.58. The van der Waals surface area contributed by atoms with Crippen LogP contribution in [0.25, 0.3) is 0 Å². The molecule has 0 radical (unpaired) electrons. The molecule has 1 heterocycles. The smallest absolute Gasteiger partial charge is 0.240 e. The lowest BCUT2D eigenvalue weighted by Gasteiger charge is -2.20. The number of rotatable bonds is 5. The highest BCUT2D eigenvalue weighted by Crippen LogP contribution is 2.35. The second-order valence-corrected chi connectivity index (χ2v) is 6.35. The van der Waals surface area contributed by atoms with Crippen molar-refractivity contribution in [2.24, 2.45) is 11.0 Å². The van der Waals surface area contributed by atoms with Gasteiger partial charge in [-0.15, -0.1) is 0 Å². The first-order valence-corrected chi connectivity index (χ1v) is 8.09. The zero-order valence-corrected chi connectivity index (χ0v) is 14.6.